The second-order valence-corrected chi connectivity index (χ2v) is 13.2. The number of allylic oxidation sites excluding steroid dienone is 1. The first-order valence-corrected chi connectivity index (χ1v) is 16.6. The molecule has 0 radical (unpaired) electrons. The predicted octanol–water partition coefficient (Wildman–Crippen LogP) is 6.34. The van der Waals surface area contributed by atoms with E-state index in [0.717, 1.165) is 26.5 Å². The molecule has 6 rings (SSSR count). The highest BCUT2D eigenvalue weighted by atomic mass is 79.9. The lowest BCUT2D eigenvalue weighted by Crippen LogP contribution is -2.40. The number of nitrogens with zero attached hydrogens (tertiary/aromatic N) is 3. The number of rotatable bonds is 8. The Bertz CT molecular complexity index is 2160. The van der Waals surface area contributed by atoms with Gasteiger partial charge in [-0.2, -0.15) is 0 Å². The Kier molecular flexibility index (Phi) is 8.85. The Morgan fingerprint density at radius 3 is 2.47 bits per heavy atom. The molecule has 2 aromatic heterocycles. The van der Waals surface area contributed by atoms with Crippen LogP contribution in [0.25, 0.3) is 17.0 Å². The molecule has 8 nitrogen and oxygen atoms in total. The molecule has 0 unspecified atom stereocenters. The van der Waals surface area contributed by atoms with Crippen LogP contribution < -0.4 is 24.4 Å². The Hall–Kier alpha value is -3.93. The summed E-state index contributed by atoms with van der Waals surface area (Å²) >= 11 is 8.45. The molecule has 3 heterocycles. The van der Waals surface area contributed by atoms with Crippen LogP contribution >= 0.6 is 43.2 Å². The number of halogens is 2. The first-order chi connectivity index (χ1) is 21.7. The maximum atomic E-state index is 14.3. The van der Waals surface area contributed by atoms with Gasteiger partial charge in [0.1, 0.15) is 0 Å². The third-order valence-corrected chi connectivity index (χ3v) is 9.89. The first kappa shape index (κ1) is 31.1. The number of hydrogen-bond acceptors (Lipinski definition) is 7. The third-order valence-electron chi connectivity index (χ3n) is 7.69. The molecule has 0 amide bonds. The number of benzene rings is 3. The van der Waals surface area contributed by atoms with Gasteiger partial charge in [-0.25, -0.2) is 9.79 Å². The highest BCUT2D eigenvalue weighted by Crippen LogP contribution is 2.40. The zero-order valence-electron chi connectivity index (χ0n) is 25.0. The fourth-order valence-corrected chi connectivity index (χ4v) is 7.46. The van der Waals surface area contributed by atoms with E-state index in [4.69, 9.17) is 19.2 Å². The van der Waals surface area contributed by atoms with E-state index in [2.05, 4.69) is 66.9 Å². The minimum Gasteiger partial charge on any atom is -0.493 e. The summed E-state index contributed by atoms with van der Waals surface area (Å²) in [5, 5.41) is 1.03. The van der Waals surface area contributed by atoms with Crippen molar-refractivity contribution < 1.29 is 19.0 Å². The topological polar surface area (TPSA) is 84.1 Å². The minimum atomic E-state index is -0.810. The Morgan fingerprint density at radius 1 is 1.04 bits per heavy atom. The van der Waals surface area contributed by atoms with Crippen molar-refractivity contribution in [2.45, 2.75) is 26.4 Å². The second-order valence-electron chi connectivity index (χ2n) is 10.4. The van der Waals surface area contributed by atoms with Crippen molar-refractivity contribution in [3.63, 3.8) is 0 Å². The number of para-hydroxylation sites is 1. The van der Waals surface area contributed by atoms with Crippen molar-refractivity contribution in [1.29, 1.82) is 0 Å². The number of ether oxygens (including phenoxy) is 3. The molecule has 45 heavy (non-hydrogen) atoms. The molecule has 0 spiro atoms. The van der Waals surface area contributed by atoms with E-state index in [0.29, 0.717) is 43.1 Å². The maximum absolute atomic E-state index is 14.3. The van der Waals surface area contributed by atoms with E-state index in [-0.39, 0.29) is 17.7 Å². The molecule has 5 aromatic rings. The number of esters is 1. The summed E-state index contributed by atoms with van der Waals surface area (Å²) in [5.74, 6) is 0.448. The SMILES string of the molecule is CCOC(=O)C1=C(C)N=c2s/c(=C\c3cn(Cc4ccc(Br)cc4)c4ccccc34)c(=O)n2[C@H]1c1cc(OC)c(OC)cc1Br. The minimum absolute atomic E-state index is 0.185. The largest absolute Gasteiger partial charge is 0.493 e. The van der Waals surface area contributed by atoms with Gasteiger partial charge in [-0.15, -0.1) is 0 Å². The molecule has 0 N–H and O–H groups in total. The number of thiazole rings is 1. The Morgan fingerprint density at radius 2 is 1.76 bits per heavy atom. The second kappa shape index (κ2) is 12.8. The van der Waals surface area contributed by atoms with Gasteiger partial charge in [0.2, 0.25) is 0 Å². The average molecular weight is 751 g/mol. The fourth-order valence-electron chi connectivity index (χ4n) is 5.61. The van der Waals surface area contributed by atoms with E-state index in [9.17, 15) is 9.59 Å². The molecule has 11 heteroatoms. The molecule has 1 atom stereocenters. The van der Waals surface area contributed by atoms with E-state index in [1.165, 1.54) is 11.3 Å². The lowest BCUT2D eigenvalue weighted by atomic mass is 9.95. The molecule has 0 saturated heterocycles. The number of aromatic nitrogens is 2. The molecule has 0 bridgehead atoms. The van der Waals surface area contributed by atoms with Crippen LogP contribution in [0, 0.1) is 0 Å². The number of methoxy groups -OCH3 is 2. The highest BCUT2D eigenvalue weighted by molar-refractivity contribution is 9.10. The number of carbonyl (C=O) groups excluding carboxylic acids is 1. The average Bonchev–Trinajstić information content (AvgIpc) is 3.53. The molecular weight excluding hydrogens is 722 g/mol. The van der Waals surface area contributed by atoms with Crippen LogP contribution in [0.15, 0.2) is 96.9 Å². The number of carbonyl (C=O) groups is 1. The molecule has 0 saturated carbocycles. The number of fused-ring (bicyclic) bond motifs is 2. The van der Waals surface area contributed by atoms with Crippen molar-refractivity contribution >= 4 is 66.1 Å². The summed E-state index contributed by atoms with van der Waals surface area (Å²) in [4.78, 5) is 32.9. The van der Waals surface area contributed by atoms with E-state index < -0.39 is 12.0 Å². The van der Waals surface area contributed by atoms with Crippen LogP contribution in [0.3, 0.4) is 0 Å². The molecule has 230 valence electrons. The molecule has 1 aliphatic heterocycles. The summed E-state index contributed by atoms with van der Waals surface area (Å²) in [6.45, 7) is 4.38. The molecule has 0 fully saturated rings. The molecule has 1 aliphatic rings. The fraction of sp³-hybridized carbons (Fsp3) is 0.206. The molecular formula is C34H29Br2N3O5S. The van der Waals surface area contributed by atoms with E-state index in [1.54, 1.807) is 44.8 Å². The van der Waals surface area contributed by atoms with Crippen molar-refractivity contribution in [2.75, 3.05) is 20.8 Å². The van der Waals surface area contributed by atoms with Crippen LogP contribution in [0.4, 0.5) is 0 Å². The van der Waals surface area contributed by atoms with Crippen molar-refractivity contribution in [3.05, 3.63) is 123 Å². The van der Waals surface area contributed by atoms with Crippen molar-refractivity contribution in [2.24, 2.45) is 4.99 Å². The summed E-state index contributed by atoms with van der Waals surface area (Å²) in [6.07, 6.45) is 3.98. The lowest BCUT2D eigenvalue weighted by Gasteiger charge is -2.26. The Labute approximate surface area is 280 Å². The van der Waals surface area contributed by atoms with Crippen LogP contribution in [0.2, 0.25) is 0 Å². The summed E-state index contributed by atoms with van der Waals surface area (Å²) in [6, 6.07) is 19.1. The van der Waals surface area contributed by atoms with Gasteiger partial charge in [0.05, 0.1) is 42.7 Å². The van der Waals surface area contributed by atoms with Gasteiger partial charge in [0, 0.05) is 38.2 Å². The van der Waals surface area contributed by atoms with Crippen LogP contribution in [0.5, 0.6) is 11.5 Å². The monoisotopic (exact) mass is 749 g/mol. The van der Waals surface area contributed by atoms with E-state index >= 15 is 0 Å². The summed E-state index contributed by atoms with van der Waals surface area (Å²) in [5.41, 5.74) is 4.29. The molecule has 0 aliphatic carbocycles. The normalized spacial score (nSPS) is 14.8. The van der Waals surface area contributed by atoms with Crippen molar-refractivity contribution in [1.82, 2.24) is 9.13 Å². The summed E-state index contributed by atoms with van der Waals surface area (Å²) < 4.78 is 22.5. The zero-order valence-corrected chi connectivity index (χ0v) is 29.0. The van der Waals surface area contributed by atoms with Crippen LogP contribution in [-0.4, -0.2) is 35.9 Å². The smallest absolute Gasteiger partial charge is 0.338 e. The van der Waals surface area contributed by atoms with Gasteiger partial charge in [-0.3, -0.25) is 9.36 Å². The van der Waals surface area contributed by atoms with Gasteiger partial charge in [-0.05, 0) is 61.4 Å². The first-order valence-electron chi connectivity index (χ1n) is 14.2. The van der Waals surface area contributed by atoms with E-state index in [1.807, 2.05) is 30.3 Å². The number of hydrogen-bond donors (Lipinski definition) is 0. The molecule has 3 aromatic carbocycles. The van der Waals surface area contributed by atoms with Gasteiger partial charge in [0.25, 0.3) is 5.56 Å². The Balaban J connectivity index is 1.54. The highest BCUT2D eigenvalue weighted by Gasteiger charge is 2.35. The predicted molar refractivity (Wildman–Crippen MR) is 183 cm³/mol. The third kappa shape index (κ3) is 5.80. The summed E-state index contributed by atoms with van der Waals surface area (Å²) in [7, 11) is 3.10. The van der Waals surface area contributed by atoms with Crippen molar-refractivity contribution in [3.8, 4) is 11.5 Å². The maximum Gasteiger partial charge on any atom is 0.338 e. The van der Waals surface area contributed by atoms with Gasteiger partial charge >= 0.3 is 5.97 Å². The quantitative estimate of drug-likeness (QED) is 0.173. The van der Waals surface area contributed by atoms with Crippen LogP contribution in [0.1, 0.15) is 36.6 Å². The standard InChI is InChI=1S/C34H29Br2N3O5S/c1-5-44-33(41)30-19(2)37-34-39(31(30)24-15-27(42-3)28(43-4)16-25(24)36)32(40)29(45-34)14-21-18-38(26-9-7-6-8-23(21)26)17-20-10-12-22(35)13-11-20/h6-16,18,31H,5,17H2,1-4H3/b29-14-/t31-/m0/s1. The lowest BCUT2D eigenvalue weighted by molar-refractivity contribution is -0.139. The van der Waals surface area contributed by atoms with Gasteiger partial charge in [0.15, 0.2) is 16.3 Å². The van der Waals surface area contributed by atoms with Gasteiger partial charge in [-0.1, -0.05) is 73.5 Å². The zero-order chi connectivity index (χ0) is 31.8. The van der Waals surface area contributed by atoms with Gasteiger partial charge < -0.3 is 18.8 Å². The van der Waals surface area contributed by atoms with Crippen LogP contribution in [-0.2, 0) is 16.1 Å².